The minimum Gasteiger partial charge on any atom is -0.354 e. The Bertz CT molecular complexity index is 916. The molecule has 0 unspecified atom stereocenters. The van der Waals surface area contributed by atoms with Gasteiger partial charge >= 0.3 is 0 Å². The lowest BCUT2D eigenvalue weighted by atomic mass is 9.91. The zero-order chi connectivity index (χ0) is 20.3. The van der Waals surface area contributed by atoms with Crippen LogP contribution >= 0.6 is 0 Å². The molecule has 1 aromatic carbocycles. The number of benzene rings is 1. The summed E-state index contributed by atoms with van der Waals surface area (Å²) in [7, 11) is 0. The molecule has 0 atom stereocenters. The summed E-state index contributed by atoms with van der Waals surface area (Å²) in [5.74, 6) is 1.12. The van der Waals surface area contributed by atoms with Crippen LogP contribution in [-0.4, -0.2) is 64.4 Å². The van der Waals surface area contributed by atoms with Gasteiger partial charge in [0.05, 0.1) is 12.2 Å². The number of rotatable bonds is 4. The second-order valence-corrected chi connectivity index (χ2v) is 8.48. The van der Waals surface area contributed by atoms with E-state index in [2.05, 4.69) is 19.8 Å². The van der Waals surface area contributed by atoms with Crippen LogP contribution in [0.3, 0.4) is 0 Å². The molecule has 1 amide bonds. The van der Waals surface area contributed by atoms with Crippen LogP contribution in [0.4, 0.5) is 5.82 Å². The Morgan fingerprint density at radius 1 is 1.00 bits per heavy atom. The van der Waals surface area contributed by atoms with Crippen molar-refractivity contribution < 1.29 is 4.79 Å². The molecule has 2 aliphatic heterocycles. The van der Waals surface area contributed by atoms with Crippen LogP contribution in [-0.2, 0) is 17.8 Å². The molecule has 0 spiro atoms. The number of carbonyl (C=O) groups is 1. The van der Waals surface area contributed by atoms with E-state index >= 15 is 0 Å². The van der Waals surface area contributed by atoms with Crippen molar-refractivity contribution in [2.75, 3.05) is 37.6 Å². The summed E-state index contributed by atoms with van der Waals surface area (Å²) in [6.45, 7) is 5.58. The third-order valence-electron chi connectivity index (χ3n) is 6.72. The first-order valence-corrected chi connectivity index (χ1v) is 11.1. The molecule has 3 heterocycles. The number of amides is 1. The van der Waals surface area contributed by atoms with Gasteiger partial charge in [-0.05, 0) is 30.9 Å². The third kappa shape index (κ3) is 3.97. The van der Waals surface area contributed by atoms with Crippen molar-refractivity contribution in [3.05, 3.63) is 59.6 Å². The summed E-state index contributed by atoms with van der Waals surface area (Å²) in [5.41, 5.74) is 3.26. The maximum absolute atomic E-state index is 12.7. The lowest BCUT2D eigenvalue weighted by Crippen LogP contribution is -2.52. The Balaban J connectivity index is 1.24. The molecule has 3 aliphatic rings. The molecule has 0 radical (unpaired) electrons. The standard InChI is InChI=1S/C24H29N5O/c30-23(10-9-19-5-2-1-3-6-19)29-12-11-21-22(17-29)25-18-26-24(21)28-15-13-27(14-16-28)20-7-4-8-20/h1-3,5-6,9-10,18,20H,4,7-8,11-17H2/b10-9+. The minimum absolute atomic E-state index is 0.0405. The number of hydrogen-bond acceptors (Lipinski definition) is 5. The highest BCUT2D eigenvalue weighted by Gasteiger charge is 2.30. The highest BCUT2D eigenvalue weighted by Crippen LogP contribution is 2.29. The molecule has 1 aliphatic carbocycles. The maximum atomic E-state index is 12.7. The van der Waals surface area contributed by atoms with E-state index in [4.69, 9.17) is 0 Å². The van der Waals surface area contributed by atoms with Crippen LogP contribution in [0.2, 0.25) is 0 Å². The average Bonchev–Trinajstić information content (AvgIpc) is 2.77. The summed E-state index contributed by atoms with van der Waals surface area (Å²) in [6.07, 6.45) is 10.2. The first kappa shape index (κ1) is 19.2. The van der Waals surface area contributed by atoms with Gasteiger partial charge in [-0.15, -0.1) is 0 Å². The molecule has 0 bridgehead atoms. The van der Waals surface area contributed by atoms with E-state index in [9.17, 15) is 4.79 Å². The molecule has 0 N–H and O–H groups in total. The summed E-state index contributed by atoms with van der Waals surface area (Å²) < 4.78 is 0. The van der Waals surface area contributed by atoms with E-state index in [0.717, 1.165) is 55.7 Å². The Labute approximate surface area is 178 Å². The normalized spacial score (nSPS) is 20.3. The van der Waals surface area contributed by atoms with Gasteiger partial charge < -0.3 is 9.80 Å². The van der Waals surface area contributed by atoms with Crippen LogP contribution in [0.5, 0.6) is 0 Å². The molecule has 2 fully saturated rings. The van der Waals surface area contributed by atoms with Gasteiger partial charge in [0.25, 0.3) is 0 Å². The van der Waals surface area contributed by atoms with Gasteiger partial charge in [-0.2, -0.15) is 0 Å². The molecule has 1 saturated heterocycles. The maximum Gasteiger partial charge on any atom is 0.246 e. The second kappa shape index (κ2) is 8.56. The predicted molar refractivity (Wildman–Crippen MR) is 118 cm³/mol. The molecular weight excluding hydrogens is 374 g/mol. The SMILES string of the molecule is O=C(/C=C/c1ccccc1)N1CCc2c(ncnc2N2CCN(C3CCC3)CC2)C1. The summed E-state index contributed by atoms with van der Waals surface area (Å²) in [6, 6.07) is 10.7. The minimum atomic E-state index is 0.0405. The fourth-order valence-electron chi connectivity index (χ4n) is 4.69. The van der Waals surface area contributed by atoms with Gasteiger partial charge in [0, 0.05) is 50.4 Å². The number of aromatic nitrogens is 2. The van der Waals surface area contributed by atoms with E-state index in [1.165, 1.54) is 24.8 Å². The fraction of sp³-hybridized carbons (Fsp3) is 0.458. The van der Waals surface area contributed by atoms with Crippen molar-refractivity contribution in [1.82, 2.24) is 19.8 Å². The second-order valence-electron chi connectivity index (χ2n) is 8.48. The molecule has 2 aromatic rings. The molecule has 6 nitrogen and oxygen atoms in total. The van der Waals surface area contributed by atoms with E-state index in [1.807, 2.05) is 41.3 Å². The molecule has 6 heteroatoms. The van der Waals surface area contributed by atoms with Crippen LogP contribution in [0.1, 0.15) is 36.1 Å². The van der Waals surface area contributed by atoms with E-state index < -0.39 is 0 Å². The highest BCUT2D eigenvalue weighted by atomic mass is 16.2. The van der Waals surface area contributed by atoms with Crippen molar-refractivity contribution >= 4 is 17.8 Å². The van der Waals surface area contributed by atoms with Crippen LogP contribution in [0.25, 0.3) is 6.08 Å². The fourth-order valence-corrected chi connectivity index (χ4v) is 4.69. The van der Waals surface area contributed by atoms with Gasteiger partial charge in [-0.1, -0.05) is 36.8 Å². The van der Waals surface area contributed by atoms with E-state index in [1.54, 1.807) is 12.4 Å². The van der Waals surface area contributed by atoms with Gasteiger partial charge in [0.15, 0.2) is 0 Å². The van der Waals surface area contributed by atoms with Crippen molar-refractivity contribution in [2.45, 2.75) is 38.3 Å². The Morgan fingerprint density at radius 3 is 2.53 bits per heavy atom. The zero-order valence-electron chi connectivity index (χ0n) is 17.4. The summed E-state index contributed by atoms with van der Waals surface area (Å²) in [5, 5.41) is 0. The van der Waals surface area contributed by atoms with Crippen molar-refractivity contribution in [2.24, 2.45) is 0 Å². The summed E-state index contributed by atoms with van der Waals surface area (Å²) in [4.78, 5) is 28.8. The van der Waals surface area contributed by atoms with Crippen LogP contribution in [0, 0.1) is 0 Å². The summed E-state index contributed by atoms with van der Waals surface area (Å²) >= 11 is 0. The Kier molecular flexibility index (Phi) is 5.49. The number of anilines is 1. The van der Waals surface area contributed by atoms with Crippen molar-refractivity contribution in [1.29, 1.82) is 0 Å². The molecular formula is C24H29N5O. The molecule has 5 rings (SSSR count). The Hall–Kier alpha value is -2.73. The van der Waals surface area contributed by atoms with Gasteiger partial charge in [-0.25, -0.2) is 9.97 Å². The van der Waals surface area contributed by atoms with Crippen molar-refractivity contribution in [3.8, 4) is 0 Å². The number of carbonyl (C=O) groups excluding carboxylic acids is 1. The molecule has 30 heavy (non-hydrogen) atoms. The lowest BCUT2D eigenvalue weighted by molar-refractivity contribution is -0.126. The number of nitrogens with zero attached hydrogens (tertiary/aromatic N) is 5. The largest absolute Gasteiger partial charge is 0.354 e. The highest BCUT2D eigenvalue weighted by molar-refractivity contribution is 5.91. The first-order chi connectivity index (χ1) is 14.8. The number of piperazine rings is 1. The molecule has 1 saturated carbocycles. The zero-order valence-corrected chi connectivity index (χ0v) is 17.4. The molecule has 1 aromatic heterocycles. The Morgan fingerprint density at radius 2 is 1.80 bits per heavy atom. The van der Waals surface area contributed by atoms with Gasteiger partial charge in [0.2, 0.25) is 5.91 Å². The monoisotopic (exact) mass is 403 g/mol. The number of fused-ring (bicyclic) bond motifs is 1. The van der Waals surface area contributed by atoms with Crippen molar-refractivity contribution in [3.63, 3.8) is 0 Å². The number of hydrogen-bond donors (Lipinski definition) is 0. The smallest absolute Gasteiger partial charge is 0.246 e. The topological polar surface area (TPSA) is 52.6 Å². The van der Waals surface area contributed by atoms with Gasteiger partial charge in [0.1, 0.15) is 12.1 Å². The third-order valence-corrected chi connectivity index (χ3v) is 6.72. The van der Waals surface area contributed by atoms with E-state index in [0.29, 0.717) is 13.1 Å². The predicted octanol–water partition coefficient (Wildman–Crippen LogP) is 2.75. The van der Waals surface area contributed by atoms with Crippen LogP contribution in [0.15, 0.2) is 42.7 Å². The van der Waals surface area contributed by atoms with E-state index in [-0.39, 0.29) is 5.91 Å². The van der Waals surface area contributed by atoms with Gasteiger partial charge in [-0.3, -0.25) is 9.69 Å². The molecule has 156 valence electrons. The first-order valence-electron chi connectivity index (χ1n) is 11.1. The lowest BCUT2D eigenvalue weighted by Gasteiger charge is -2.43. The van der Waals surface area contributed by atoms with Crippen LogP contribution < -0.4 is 4.90 Å². The average molecular weight is 404 g/mol. The quantitative estimate of drug-likeness (QED) is 0.735.